The summed E-state index contributed by atoms with van der Waals surface area (Å²) < 4.78 is 0. The van der Waals surface area contributed by atoms with E-state index in [1.807, 2.05) is 0 Å². The van der Waals surface area contributed by atoms with Crippen LogP contribution in [-0.4, -0.2) is 36.0 Å². The zero-order valence-corrected chi connectivity index (χ0v) is 14.8. The number of carbonyl (C=O) groups excluding carboxylic acids is 1. The van der Waals surface area contributed by atoms with Crippen LogP contribution in [0.4, 0.5) is 0 Å². The summed E-state index contributed by atoms with van der Waals surface area (Å²) in [5, 5.41) is 3.39. The van der Waals surface area contributed by atoms with Gasteiger partial charge < -0.3 is 10.2 Å². The van der Waals surface area contributed by atoms with Gasteiger partial charge in [0.25, 0.3) is 0 Å². The fourth-order valence-electron chi connectivity index (χ4n) is 1.89. The molecule has 0 aliphatic heterocycles. The summed E-state index contributed by atoms with van der Waals surface area (Å²) in [6.07, 6.45) is 2.79. The monoisotopic (exact) mass is 284 g/mol. The number of hydrogen-bond donors (Lipinski definition) is 1. The minimum atomic E-state index is 0.0843. The summed E-state index contributed by atoms with van der Waals surface area (Å²) in [6, 6.07) is 0. The molecule has 0 aromatic carbocycles. The summed E-state index contributed by atoms with van der Waals surface area (Å²) in [7, 11) is 0. The molecule has 0 unspecified atom stereocenters. The molecule has 1 amide bonds. The van der Waals surface area contributed by atoms with Crippen molar-refractivity contribution in [1.29, 1.82) is 0 Å². The molecular formula is C17H36N2O. The van der Waals surface area contributed by atoms with E-state index in [9.17, 15) is 4.79 Å². The van der Waals surface area contributed by atoms with Crippen LogP contribution in [0.5, 0.6) is 0 Å². The van der Waals surface area contributed by atoms with Crippen LogP contribution < -0.4 is 5.32 Å². The molecule has 0 fully saturated rings. The third-order valence-corrected chi connectivity index (χ3v) is 3.30. The van der Waals surface area contributed by atoms with Crippen LogP contribution in [0.25, 0.3) is 0 Å². The van der Waals surface area contributed by atoms with E-state index in [-0.39, 0.29) is 5.54 Å². The van der Waals surface area contributed by atoms with Gasteiger partial charge in [-0.2, -0.15) is 0 Å². The standard InChI is InChI=1S/C17H36N2O/c1-14(2)9-12-19(13-10-15(3)4)16(20)8-11-18-17(5,6)7/h14-15,18H,8-13H2,1-7H3. The molecule has 20 heavy (non-hydrogen) atoms. The Bertz CT molecular complexity index is 255. The van der Waals surface area contributed by atoms with E-state index in [0.717, 1.165) is 32.5 Å². The molecule has 0 saturated heterocycles. The molecule has 3 heteroatoms. The maximum Gasteiger partial charge on any atom is 0.223 e. The molecule has 0 bridgehead atoms. The first-order chi connectivity index (χ1) is 9.11. The second-order valence-electron chi connectivity index (χ2n) is 7.67. The summed E-state index contributed by atoms with van der Waals surface area (Å²) in [5.74, 6) is 1.59. The van der Waals surface area contributed by atoms with E-state index < -0.39 is 0 Å². The predicted octanol–water partition coefficient (Wildman–Crippen LogP) is 3.69. The second kappa shape index (κ2) is 9.38. The van der Waals surface area contributed by atoms with Crippen LogP contribution in [0.3, 0.4) is 0 Å². The van der Waals surface area contributed by atoms with Gasteiger partial charge in [-0.3, -0.25) is 4.79 Å². The molecule has 0 rings (SSSR count). The highest BCUT2D eigenvalue weighted by Crippen LogP contribution is 2.08. The van der Waals surface area contributed by atoms with E-state index in [2.05, 4.69) is 58.7 Å². The van der Waals surface area contributed by atoms with E-state index >= 15 is 0 Å². The number of nitrogens with one attached hydrogen (secondary N) is 1. The van der Waals surface area contributed by atoms with Gasteiger partial charge in [-0.05, 0) is 45.4 Å². The smallest absolute Gasteiger partial charge is 0.223 e. The largest absolute Gasteiger partial charge is 0.343 e. The number of nitrogens with zero attached hydrogens (tertiary/aromatic N) is 1. The molecule has 0 spiro atoms. The van der Waals surface area contributed by atoms with Crippen LogP contribution in [0.1, 0.15) is 67.7 Å². The molecule has 0 aliphatic carbocycles. The predicted molar refractivity (Wildman–Crippen MR) is 87.9 cm³/mol. The van der Waals surface area contributed by atoms with Crippen molar-refractivity contribution in [1.82, 2.24) is 10.2 Å². The molecule has 0 aromatic heterocycles. The van der Waals surface area contributed by atoms with Gasteiger partial charge in [0.2, 0.25) is 5.91 Å². The molecular weight excluding hydrogens is 248 g/mol. The minimum absolute atomic E-state index is 0.0843. The number of carbonyl (C=O) groups is 1. The number of hydrogen-bond acceptors (Lipinski definition) is 2. The quantitative estimate of drug-likeness (QED) is 0.700. The van der Waals surface area contributed by atoms with Crippen molar-refractivity contribution in [2.75, 3.05) is 19.6 Å². The van der Waals surface area contributed by atoms with E-state index in [1.165, 1.54) is 0 Å². The molecule has 1 N–H and O–H groups in total. The highest BCUT2D eigenvalue weighted by atomic mass is 16.2. The van der Waals surface area contributed by atoms with Gasteiger partial charge in [-0.15, -0.1) is 0 Å². The van der Waals surface area contributed by atoms with Crippen molar-refractivity contribution < 1.29 is 4.79 Å². The highest BCUT2D eigenvalue weighted by Gasteiger charge is 2.15. The number of rotatable bonds is 9. The Morgan fingerprint density at radius 1 is 1.00 bits per heavy atom. The zero-order valence-electron chi connectivity index (χ0n) is 14.8. The molecule has 120 valence electrons. The van der Waals surface area contributed by atoms with Crippen LogP contribution in [-0.2, 0) is 4.79 Å². The second-order valence-corrected chi connectivity index (χ2v) is 7.67. The fourth-order valence-corrected chi connectivity index (χ4v) is 1.89. The minimum Gasteiger partial charge on any atom is -0.343 e. The highest BCUT2D eigenvalue weighted by molar-refractivity contribution is 5.76. The lowest BCUT2D eigenvalue weighted by atomic mass is 10.1. The van der Waals surface area contributed by atoms with Crippen LogP contribution in [0.15, 0.2) is 0 Å². The first-order valence-corrected chi connectivity index (χ1v) is 8.14. The van der Waals surface area contributed by atoms with Crippen LogP contribution in [0, 0.1) is 11.8 Å². The van der Waals surface area contributed by atoms with E-state index in [1.54, 1.807) is 0 Å². The first-order valence-electron chi connectivity index (χ1n) is 8.14. The normalized spacial score (nSPS) is 12.2. The Morgan fingerprint density at radius 2 is 1.45 bits per heavy atom. The van der Waals surface area contributed by atoms with Crippen molar-refractivity contribution in [3.8, 4) is 0 Å². The summed E-state index contributed by atoms with van der Waals surface area (Å²) in [5.41, 5.74) is 0.0843. The van der Waals surface area contributed by atoms with Crippen LogP contribution >= 0.6 is 0 Å². The van der Waals surface area contributed by atoms with E-state index in [0.29, 0.717) is 24.2 Å². The van der Waals surface area contributed by atoms with Gasteiger partial charge in [0.1, 0.15) is 0 Å². The van der Waals surface area contributed by atoms with Crippen molar-refractivity contribution in [2.45, 2.75) is 73.3 Å². The zero-order chi connectivity index (χ0) is 15.8. The Labute approximate surface area is 126 Å². The summed E-state index contributed by atoms with van der Waals surface area (Å²) >= 11 is 0. The van der Waals surface area contributed by atoms with Crippen LogP contribution in [0.2, 0.25) is 0 Å². The molecule has 0 aliphatic rings. The van der Waals surface area contributed by atoms with Crippen molar-refractivity contribution in [2.24, 2.45) is 11.8 Å². The average Bonchev–Trinajstić information content (AvgIpc) is 2.26. The first kappa shape index (κ1) is 19.4. The molecule has 0 aromatic rings. The average molecular weight is 284 g/mol. The Kier molecular flexibility index (Phi) is 9.11. The Balaban J connectivity index is 4.24. The van der Waals surface area contributed by atoms with Gasteiger partial charge >= 0.3 is 0 Å². The maximum absolute atomic E-state index is 12.3. The molecule has 3 nitrogen and oxygen atoms in total. The maximum atomic E-state index is 12.3. The molecule has 0 atom stereocenters. The van der Waals surface area contributed by atoms with Gasteiger partial charge in [-0.1, -0.05) is 27.7 Å². The van der Waals surface area contributed by atoms with Gasteiger partial charge in [0.05, 0.1) is 0 Å². The van der Waals surface area contributed by atoms with Crippen molar-refractivity contribution in [3.63, 3.8) is 0 Å². The SMILES string of the molecule is CC(C)CCN(CCC(C)C)C(=O)CCNC(C)(C)C. The van der Waals surface area contributed by atoms with E-state index in [4.69, 9.17) is 0 Å². The van der Waals surface area contributed by atoms with Gasteiger partial charge in [0.15, 0.2) is 0 Å². The molecule has 0 saturated carbocycles. The third kappa shape index (κ3) is 11.3. The number of amides is 1. The Hall–Kier alpha value is -0.570. The van der Waals surface area contributed by atoms with Crippen molar-refractivity contribution >= 4 is 5.91 Å². The molecule has 0 heterocycles. The Morgan fingerprint density at radius 3 is 1.80 bits per heavy atom. The van der Waals surface area contributed by atoms with Crippen molar-refractivity contribution in [3.05, 3.63) is 0 Å². The summed E-state index contributed by atoms with van der Waals surface area (Å²) in [4.78, 5) is 14.4. The molecule has 0 radical (unpaired) electrons. The van der Waals surface area contributed by atoms with Gasteiger partial charge in [0, 0.05) is 31.6 Å². The topological polar surface area (TPSA) is 32.3 Å². The third-order valence-electron chi connectivity index (χ3n) is 3.30. The lowest BCUT2D eigenvalue weighted by molar-refractivity contribution is -0.131. The summed E-state index contributed by atoms with van der Waals surface area (Å²) in [6.45, 7) is 17.8. The lowest BCUT2D eigenvalue weighted by Gasteiger charge is -2.26. The lowest BCUT2D eigenvalue weighted by Crippen LogP contribution is -2.40. The van der Waals surface area contributed by atoms with Gasteiger partial charge in [-0.25, -0.2) is 0 Å². The fraction of sp³-hybridized carbons (Fsp3) is 0.941.